The number of nitrogens with zero attached hydrogens (tertiary/aromatic N) is 1. The summed E-state index contributed by atoms with van der Waals surface area (Å²) < 4.78 is 5.15. The van der Waals surface area contributed by atoms with Crippen LogP contribution in [0.25, 0.3) is 0 Å². The Kier molecular flexibility index (Phi) is 6.50. The number of furan rings is 1. The zero-order valence-corrected chi connectivity index (χ0v) is 13.6. The van der Waals surface area contributed by atoms with Crippen molar-refractivity contribution in [3.8, 4) is 0 Å². The molecular weight excluding hydrogens is 316 g/mol. The molecular formula is C16H19ClN4O2. The van der Waals surface area contributed by atoms with Crippen LogP contribution in [0.15, 0.2) is 52.1 Å². The summed E-state index contributed by atoms with van der Waals surface area (Å²) in [6, 6.07) is 11.1. The van der Waals surface area contributed by atoms with E-state index in [0.717, 1.165) is 5.56 Å². The maximum absolute atomic E-state index is 11.8. The van der Waals surface area contributed by atoms with Gasteiger partial charge in [0.15, 0.2) is 5.96 Å². The fraction of sp³-hybridized carbons (Fsp3) is 0.250. The average Bonchev–Trinajstić information content (AvgIpc) is 3.08. The molecule has 7 heteroatoms. The largest absolute Gasteiger partial charge is 0.467 e. The number of hydrogen-bond acceptors (Lipinski definition) is 3. The normalized spacial score (nSPS) is 11.1. The minimum Gasteiger partial charge on any atom is -0.467 e. The maximum atomic E-state index is 11.8. The molecule has 0 aliphatic carbocycles. The van der Waals surface area contributed by atoms with Crippen molar-refractivity contribution in [1.82, 2.24) is 16.0 Å². The number of hydrogen-bond donors (Lipinski definition) is 3. The van der Waals surface area contributed by atoms with Crippen LogP contribution < -0.4 is 16.0 Å². The molecule has 0 bridgehead atoms. The summed E-state index contributed by atoms with van der Waals surface area (Å²) in [6.07, 6.45) is 1.57. The molecule has 0 aliphatic rings. The summed E-state index contributed by atoms with van der Waals surface area (Å²) in [5, 5.41) is 9.48. The number of carbonyl (C=O) groups excluding carboxylic acids is 1. The van der Waals surface area contributed by atoms with Crippen LogP contribution in [0.1, 0.15) is 11.3 Å². The van der Waals surface area contributed by atoms with E-state index in [-0.39, 0.29) is 12.5 Å². The van der Waals surface area contributed by atoms with E-state index in [1.54, 1.807) is 25.4 Å². The number of amides is 1. The Labute approximate surface area is 139 Å². The van der Waals surface area contributed by atoms with Crippen LogP contribution in [0.4, 0.5) is 0 Å². The molecule has 1 heterocycles. The van der Waals surface area contributed by atoms with Gasteiger partial charge in [-0.1, -0.05) is 29.8 Å². The topological polar surface area (TPSA) is 78.7 Å². The summed E-state index contributed by atoms with van der Waals surface area (Å²) in [4.78, 5) is 15.8. The van der Waals surface area contributed by atoms with Gasteiger partial charge in [-0.15, -0.1) is 0 Å². The third-order valence-corrected chi connectivity index (χ3v) is 3.45. The van der Waals surface area contributed by atoms with Gasteiger partial charge in [-0.2, -0.15) is 0 Å². The van der Waals surface area contributed by atoms with Gasteiger partial charge in [0, 0.05) is 18.6 Å². The third-order valence-electron chi connectivity index (χ3n) is 3.08. The molecule has 1 aromatic heterocycles. The quantitative estimate of drug-likeness (QED) is 0.557. The predicted molar refractivity (Wildman–Crippen MR) is 90.2 cm³/mol. The Morgan fingerprint density at radius 3 is 2.65 bits per heavy atom. The highest BCUT2D eigenvalue weighted by molar-refractivity contribution is 6.31. The molecule has 1 aromatic carbocycles. The number of rotatable bonds is 6. The number of halogens is 1. The average molecular weight is 335 g/mol. The van der Waals surface area contributed by atoms with Crippen molar-refractivity contribution in [3.63, 3.8) is 0 Å². The van der Waals surface area contributed by atoms with Crippen molar-refractivity contribution in [3.05, 3.63) is 59.0 Å². The van der Waals surface area contributed by atoms with Crippen molar-refractivity contribution >= 4 is 23.5 Å². The van der Waals surface area contributed by atoms with Crippen molar-refractivity contribution < 1.29 is 9.21 Å². The summed E-state index contributed by atoms with van der Waals surface area (Å²) >= 11 is 6.10. The van der Waals surface area contributed by atoms with Crippen molar-refractivity contribution in [2.75, 3.05) is 13.6 Å². The Hall–Kier alpha value is -2.47. The fourth-order valence-electron chi connectivity index (χ4n) is 1.87. The van der Waals surface area contributed by atoms with Crippen LogP contribution in [0.2, 0.25) is 5.02 Å². The van der Waals surface area contributed by atoms with E-state index in [9.17, 15) is 4.79 Å². The van der Waals surface area contributed by atoms with E-state index >= 15 is 0 Å². The highest BCUT2D eigenvalue weighted by Crippen LogP contribution is 2.14. The van der Waals surface area contributed by atoms with Gasteiger partial charge in [0.1, 0.15) is 5.76 Å². The lowest BCUT2D eigenvalue weighted by molar-refractivity contribution is -0.120. The van der Waals surface area contributed by atoms with E-state index in [0.29, 0.717) is 29.8 Å². The van der Waals surface area contributed by atoms with Crippen LogP contribution in [-0.4, -0.2) is 25.5 Å². The second-order valence-corrected chi connectivity index (χ2v) is 5.13. The highest BCUT2D eigenvalue weighted by atomic mass is 35.5. The van der Waals surface area contributed by atoms with Gasteiger partial charge in [-0.3, -0.25) is 9.79 Å². The van der Waals surface area contributed by atoms with Gasteiger partial charge in [-0.25, -0.2) is 0 Å². The first-order valence-electron chi connectivity index (χ1n) is 7.16. The van der Waals surface area contributed by atoms with Gasteiger partial charge < -0.3 is 20.4 Å². The maximum Gasteiger partial charge on any atom is 0.239 e. The van der Waals surface area contributed by atoms with E-state index in [4.69, 9.17) is 16.0 Å². The summed E-state index contributed by atoms with van der Waals surface area (Å²) in [5.41, 5.74) is 0.958. The van der Waals surface area contributed by atoms with Gasteiger partial charge in [0.25, 0.3) is 0 Å². The smallest absolute Gasteiger partial charge is 0.239 e. The molecule has 0 fully saturated rings. The molecule has 0 unspecified atom stereocenters. The third kappa shape index (κ3) is 5.67. The molecule has 0 aliphatic heterocycles. The molecule has 23 heavy (non-hydrogen) atoms. The second-order valence-electron chi connectivity index (χ2n) is 4.73. The summed E-state index contributed by atoms with van der Waals surface area (Å²) in [5.74, 6) is 1.08. The molecule has 0 saturated heterocycles. The second kappa shape index (κ2) is 8.85. The van der Waals surface area contributed by atoms with Crippen molar-refractivity contribution in [1.29, 1.82) is 0 Å². The van der Waals surface area contributed by atoms with Crippen LogP contribution in [0, 0.1) is 0 Å². The van der Waals surface area contributed by atoms with Crippen LogP contribution in [0.3, 0.4) is 0 Å². The molecule has 3 N–H and O–H groups in total. The lowest BCUT2D eigenvalue weighted by Gasteiger charge is -2.12. The number of benzene rings is 1. The highest BCUT2D eigenvalue weighted by Gasteiger charge is 2.05. The Balaban J connectivity index is 1.72. The van der Waals surface area contributed by atoms with Crippen molar-refractivity contribution in [2.45, 2.75) is 13.1 Å². The Morgan fingerprint density at radius 2 is 1.96 bits per heavy atom. The number of guanidine groups is 1. The minimum absolute atomic E-state index is 0.114. The van der Waals surface area contributed by atoms with Crippen LogP contribution in [0.5, 0.6) is 0 Å². The summed E-state index contributed by atoms with van der Waals surface area (Å²) in [6.45, 7) is 0.995. The standard InChI is InChI=1S/C16H19ClN4O2/c1-18-16(20-9-12-5-2-3-7-14(12)17)21-11-15(22)19-10-13-6-4-8-23-13/h2-8H,9-11H2,1H3,(H,19,22)(H2,18,20,21). The minimum atomic E-state index is -0.151. The van der Waals surface area contributed by atoms with E-state index in [2.05, 4.69) is 20.9 Å². The summed E-state index contributed by atoms with van der Waals surface area (Å²) in [7, 11) is 1.64. The zero-order chi connectivity index (χ0) is 16.5. The molecule has 6 nitrogen and oxygen atoms in total. The van der Waals surface area contributed by atoms with Gasteiger partial charge >= 0.3 is 0 Å². The number of aliphatic imine (C=N–C) groups is 1. The number of nitrogens with one attached hydrogen (secondary N) is 3. The molecule has 1 amide bonds. The van der Waals surface area contributed by atoms with E-state index in [1.165, 1.54) is 0 Å². The molecule has 0 atom stereocenters. The van der Waals surface area contributed by atoms with Gasteiger partial charge in [0.05, 0.1) is 19.4 Å². The van der Waals surface area contributed by atoms with Gasteiger partial charge in [-0.05, 0) is 23.8 Å². The SMILES string of the molecule is CN=C(NCC(=O)NCc1ccco1)NCc1ccccc1Cl. The lowest BCUT2D eigenvalue weighted by Crippen LogP contribution is -2.42. The molecule has 122 valence electrons. The Bertz CT molecular complexity index is 656. The molecule has 2 rings (SSSR count). The fourth-order valence-corrected chi connectivity index (χ4v) is 2.07. The van der Waals surface area contributed by atoms with Gasteiger partial charge in [0.2, 0.25) is 5.91 Å². The van der Waals surface area contributed by atoms with Crippen molar-refractivity contribution in [2.24, 2.45) is 4.99 Å². The lowest BCUT2D eigenvalue weighted by atomic mass is 10.2. The van der Waals surface area contributed by atoms with E-state index in [1.807, 2.05) is 24.3 Å². The monoisotopic (exact) mass is 334 g/mol. The number of carbonyl (C=O) groups is 1. The molecule has 2 aromatic rings. The first kappa shape index (κ1) is 16.9. The molecule has 0 radical (unpaired) electrons. The van der Waals surface area contributed by atoms with Crippen LogP contribution >= 0.6 is 11.6 Å². The zero-order valence-electron chi connectivity index (χ0n) is 12.8. The van der Waals surface area contributed by atoms with E-state index < -0.39 is 0 Å². The molecule has 0 spiro atoms. The first-order chi connectivity index (χ1) is 11.2. The first-order valence-corrected chi connectivity index (χ1v) is 7.54. The molecule has 0 saturated carbocycles. The Morgan fingerprint density at radius 1 is 1.13 bits per heavy atom. The predicted octanol–water partition coefficient (Wildman–Crippen LogP) is 1.91. The van der Waals surface area contributed by atoms with Crippen LogP contribution in [-0.2, 0) is 17.9 Å².